The zero-order valence-corrected chi connectivity index (χ0v) is 24.0. The average Bonchev–Trinajstić information content (AvgIpc) is 2.97. The van der Waals surface area contributed by atoms with E-state index in [1.807, 2.05) is 13.0 Å². The van der Waals surface area contributed by atoms with Crippen LogP contribution in [0.3, 0.4) is 0 Å². The summed E-state index contributed by atoms with van der Waals surface area (Å²) < 4.78 is 44.3. The molecule has 0 spiro atoms. The zero-order valence-electron chi connectivity index (χ0n) is 24.0. The van der Waals surface area contributed by atoms with Gasteiger partial charge in [0, 0.05) is 17.6 Å². The minimum atomic E-state index is -0.801. The van der Waals surface area contributed by atoms with Crippen molar-refractivity contribution in [3.05, 3.63) is 89.3 Å². The third kappa shape index (κ3) is 7.35. The second-order valence-electron chi connectivity index (χ2n) is 11.7. The van der Waals surface area contributed by atoms with Crippen LogP contribution in [0.4, 0.5) is 13.2 Å². The van der Waals surface area contributed by atoms with Crippen molar-refractivity contribution in [2.45, 2.75) is 97.3 Å². The van der Waals surface area contributed by atoms with E-state index in [4.69, 9.17) is 0 Å². The SMILES string of the molecule is C/C=C(\C(F)=C(\F)CCCC)c1ccc(-c2ccc(C3CCC(C4CCC(/C=C/C)CC4)CC3)cc2F)cc1. The van der Waals surface area contributed by atoms with Gasteiger partial charge in [-0.3, -0.25) is 0 Å². The van der Waals surface area contributed by atoms with Gasteiger partial charge in [-0.25, -0.2) is 13.2 Å². The maximum atomic E-state index is 15.3. The number of halogens is 3. The van der Waals surface area contributed by atoms with Crippen LogP contribution < -0.4 is 0 Å². The highest BCUT2D eigenvalue weighted by molar-refractivity contribution is 5.79. The largest absolute Gasteiger partial charge is 0.209 e. The molecule has 0 bridgehead atoms. The van der Waals surface area contributed by atoms with Gasteiger partial charge in [-0.1, -0.05) is 68.0 Å². The Morgan fingerprint density at radius 2 is 1.49 bits per heavy atom. The maximum absolute atomic E-state index is 15.3. The lowest BCUT2D eigenvalue weighted by Crippen LogP contribution is -2.25. The number of rotatable bonds is 9. The lowest BCUT2D eigenvalue weighted by atomic mass is 9.68. The summed E-state index contributed by atoms with van der Waals surface area (Å²) in [5.74, 6) is 1.19. The fraction of sp³-hybridized carbons (Fsp3) is 0.500. The first-order valence-electron chi connectivity index (χ1n) is 15.2. The fourth-order valence-corrected chi connectivity index (χ4v) is 6.86. The summed E-state index contributed by atoms with van der Waals surface area (Å²) >= 11 is 0. The number of unbranched alkanes of at least 4 members (excludes halogenated alkanes) is 1. The molecular weight excluding hydrogens is 489 g/mol. The van der Waals surface area contributed by atoms with E-state index in [1.165, 1.54) is 38.5 Å². The van der Waals surface area contributed by atoms with Crippen LogP contribution in [0, 0.1) is 23.6 Å². The summed E-state index contributed by atoms with van der Waals surface area (Å²) in [7, 11) is 0. The lowest BCUT2D eigenvalue weighted by Gasteiger charge is -2.37. The molecule has 2 aromatic carbocycles. The molecule has 0 amide bonds. The van der Waals surface area contributed by atoms with Crippen LogP contribution in [0.2, 0.25) is 0 Å². The fourth-order valence-electron chi connectivity index (χ4n) is 6.86. The first kappa shape index (κ1) is 29.4. The van der Waals surface area contributed by atoms with Crippen LogP contribution in [-0.4, -0.2) is 0 Å². The molecule has 0 aliphatic heterocycles. The number of hydrogen-bond donors (Lipinski definition) is 0. The summed E-state index contributed by atoms with van der Waals surface area (Å²) in [6.07, 6.45) is 17.9. The average molecular weight is 535 g/mol. The third-order valence-electron chi connectivity index (χ3n) is 9.20. The molecule has 0 heterocycles. The van der Waals surface area contributed by atoms with Gasteiger partial charge in [-0.15, -0.1) is 0 Å². The Kier molecular flexibility index (Phi) is 10.7. The van der Waals surface area contributed by atoms with Crippen molar-refractivity contribution in [3.63, 3.8) is 0 Å². The van der Waals surface area contributed by atoms with E-state index < -0.39 is 11.7 Å². The van der Waals surface area contributed by atoms with Gasteiger partial charge < -0.3 is 0 Å². The molecule has 0 unspecified atom stereocenters. The highest BCUT2D eigenvalue weighted by Crippen LogP contribution is 2.44. The van der Waals surface area contributed by atoms with Crippen molar-refractivity contribution in [3.8, 4) is 11.1 Å². The Labute approximate surface area is 234 Å². The smallest absolute Gasteiger partial charge is 0.162 e. The first-order valence-corrected chi connectivity index (χ1v) is 15.2. The van der Waals surface area contributed by atoms with E-state index in [1.54, 1.807) is 43.3 Å². The molecular formula is C36H45F3. The van der Waals surface area contributed by atoms with E-state index in [0.717, 1.165) is 48.1 Å². The van der Waals surface area contributed by atoms with Crippen LogP contribution in [0.15, 0.2) is 72.3 Å². The number of allylic oxidation sites excluding steroid dienone is 6. The molecule has 2 saturated carbocycles. The molecule has 0 radical (unpaired) electrons. The summed E-state index contributed by atoms with van der Waals surface area (Å²) in [5.41, 5.74) is 3.23. The van der Waals surface area contributed by atoms with Crippen molar-refractivity contribution >= 4 is 5.57 Å². The van der Waals surface area contributed by atoms with Gasteiger partial charge in [0.1, 0.15) is 11.6 Å². The molecule has 3 heteroatoms. The van der Waals surface area contributed by atoms with Crippen LogP contribution in [0.25, 0.3) is 16.7 Å². The van der Waals surface area contributed by atoms with Gasteiger partial charge in [0.15, 0.2) is 5.83 Å². The Balaban J connectivity index is 1.38. The highest BCUT2D eigenvalue weighted by atomic mass is 19.2. The predicted octanol–water partition coefficient (Wildman–Crippen LogP) is 11.9. The molecule has 0 aromatic heterocycles. The second-order valence-corrected chi connectivity index (χ2v) is 11.7. The minimum Gasteiger partial charge on any atom is -0.209 e. The van der Waals surface area contributed by atoms with E-state index in [-0.39, 0.29) is 17.8 Å². The van der Waals surface area contributed by atoms with Crippen molar-refractivity contribution in [1.29, 1.82) is 0 Å². The molecule has 210 valence electrons. The van der Waals surface area contributed by atoms with Gasteiger partial charge in [0.25, 0.3) is 0 Å². The lowest BCUT2D eigenvalue weighted by molar-refractivity contribution is 0.171. The number of hydrogen-bond acceptors (Lipinski definition) is 0. The second kappa shape index (κ2) is 14.2. The summed E-state index contributed by atoms with van der Waals surface area (Å²) in [6.45, 7) is 5.78. The van der Waals surface area contributed by atoms with E-state index in [9.17, 15) is 8.78 Å². The van der Waals surface area contributed by atoms with Crippen molar-refractivity contribution in [2.24, 2.45) is 17.8 Å². The minimum absolute atomic E-state index is 0.106. The monoisotopic (exact) mass is 534 g/mol. The predicted molar refractivity (Wildman–Crippen MR) is 159 cm³/mol. The van der Waals surface area contributed by atoms with Gasteiger partial charge >= 0.3 is 0 Å². The van der Waals surface area contributed by atoms with Gasteiger partial charge in [-0.05, 0) is 118 Å². The van der Waals surface area contributed by atoms with Gasteiger partial charge in [0.2, 0.25) is 0 Å². The molecule has 2 aliphatic carbocycles. The molecule has 0 nitrogen and oxygen atoms in total. The van der Waals surface area contributed by atoms with Gasteiger partial charge in [-0.2, -0.15) is 0 Å². The zero-order chi connectivity index (χ0) is 27.8. The van der Waals surface area contributed by atoms with E-state index >= 15 is 4.39 Å². The quantitative estimate of drug-likeness (QED) is 0.222. The Bertz CT molecular complexity index is 1150. The van der Waals surface area contributed by atoms with Crippen molar-refractivity contribution < 1.29 is 13.2 Å². The Morgan fingerprint density at radius 3 is 2.05 bits per heavy atom. The molecule has 2 fully saturated rings. The first-order chi connectivity index (χ1) is 18.9. The van der Waals surface area contributed by atoms with Crippen LogP contribution in [-0.2, 0) is 0 Å². The van der Waals surface area contributed by atoms with Crippen LogP contribution >= 0.6 is 0 Å². The molecule has 4 rings (SSSR count). The molecule has 39 heavy (non-hydrogen) atoms. The van der Waals surface area contributed by atoms with Crippen LogP contribution in [0.1, 0.15) is 108 Å². The number of benzene rings is 2. The van der Waals surface area contributed by atoms with Gasteiger partial charge in [0.05, 0.1) is 0 Å². The summed E-state index contributed by atoms with van der Waals surface area (Å²) in [4.78, 5) is 0. The normalized spacial score (nSPS) is 25.1. The molecule has 0 atom stereocenters. The molecule has 2 aliphatic rings. The maximum Gasteiger partial charge on any atom is 0.162 e. The van der Waals surface area contributed by atoms with Crippen molar-refractivity contribution in [2.75, 3.05) is 0 Å². The Hall–Kier alpha value is -2.55. The molecule has 0 N–H and O–H groups in total. The third-order valence-corrected chi connectivity index (χ3v) is 9.20. The standard InChI is InChI=1S/C36H45F3/c1-4-7-9-34(37)36(39)32(6-3)29-18-20-30(21-19-29)33-23-22-31(24-35(33)38)28-16-14-27(15-17-28)26-12-10-25(8-5-2)11-13-26/h5-6,8,18-28H,4,7,9-17H2,1-3H3/b8-5+,32-6-,36-34-. The summed E-state index contributed by atoms with van der Waals surface area (Å²) in [5, 5.41) is 0. The van der Waals surface area contributed by atoms with Crippen molar-refractivity contribution in [1.82, 2.24) is 0 Å². The van der Waals surface area contributed by atoms with E-state index in [0.29, 0.717) is 23.5 Å². The molecule has 2 aromatic rings. The Morgan fingerprint density at radius 1 is 0.846 bits per heavy atom. The highest BCUT2D eigenvalue weighted by Gasteiger charge is 2.31. The van der Waals surface area contributed by atoms with E-state index in [2.05, 4.69) is 25.1 Å². The topological polar surface area (TPSA) is 0 Å². The molecule has 0 saturated heterocycles. The van der Waals surface area contributed by atoms with Crippen LogP contribution in [0.5, 0.6) is 0 Å². The summed E-state index contributed by atoms with van der Waals surface area (Å²) in [6, 6.07) is 12.8.